The quantitative estimate of drug-likeness (QED) is 0.596. The van der Waals surface area contributed by atoms with Crippen LogP contribution in [0.1, 0.15) is 17.3 Å². The van der Waals surface area contributed by atoms with Crippen LogP contribution in [0.2, 0.25) is 0 Å². The predicted octanol–water partition coefficient (Wildman–Crippen LogP) is 1.66. The van der Waals surface area contributed by atoms with E-state index in [1.54, 1.807) is 15.9 Å². The smallest absolute Gasteiger partial charge is 0.284 e. The van der Waals surface area contributed by atoms with E-state index < -0.39 is 4.92 Å². The fourth-order valence-corrected chi connectivity index (χ4v) is 2.80. The molecule has 1 aromatic carbocycles. The molecule has 1 aliphatic heterocycles. The molecule has 1 aliphatic rings. The fourth-order valence-electron chi connectivity index (χ4n) is 2.22. The Bertz CT molecular complexity index is 597. The van der Waals surface area contributed by atoms with E-state index in [0.717, 1.165) is 0 Å². The Balaban J connectivity index is 2.17. The van der Waals surface area contributed by atoms with Crippen molar-refractivity contribution in [1.29, 1.82) is 0 Å². The fraction of sp³-hybridized carbons (Fsp3) is 0.385. The molecule has 8 heteroatoms. The van der Waals surface area contributed by atoms with Crippen LogP contribution in [0.4, 0.5) is 5.69 Å². The zero-order valence-electron chi connectivity index (χ0n) is 11.4. The van der Waals surface area contributed by atoms with Crippen LogP contribution in [-0.2, 0) is 4.79 Å². The molecule has 0 aliphatic carbocycles. The molecule has 1 aromatic rings. The summed E-state index contributed by atoms with van der Waals surface area (Å²) in [6, 6.07) is 4.38. The van der Waals surface area contributed by atoms with Gasteiger partial charge in [0.15, 0.2) is 0 Å². The lowest BCUT2D eigenvalue weighted by molar-refractivity contribution is -0.385. The van der Waals surface area contributed by atoms with Gasteiger partial charge in [-0.15, -0.1) is 0 Å². The molecule has 1 saturated heterocycles. The first-order valence-corrected chi connectivity index (χ1v) is 7.19. The summed E-state index contributed by atoms with van der Waals surface area (Å²) < 4.78 is 0.189. The van der Waals surface area contributed by atoms with Crippen LogP contribution in [0.15, 0.2) is 22.7 Å². The van der Waals surface area contributed by atoms with Gasteiger partial charge in [-0.2, -0.15) is 0 Å². The Labute approximate surface area is 129 Å². The molecule has 0 radical (unpaired) electrons. The second kappa shape index (κ2) is 6.21. The van der Waals surface area contributed by atoms with Gasteiger partial charge in [0.25, 0.3) is 11.6 Å². The maximum absolute atomic E-state index is 12.4. The average Bonchev–Trinajstić information content (AvgIpc) is 2.46. The van der Waals surface area contributed by atoms with Crippen LogP contribution in [0, 0.1) is 10.1 Å². The van der Waals surface area contributed by atoms with Crippen molar-refractivity contribution in [2.45, 2.75) is 6.92 Å². The van der Waals surface area contributed by atoms with E-state index in [9.17, 15) is 19.7 Å². The highest BCUT2D eigenvalue weighted by atomic mass is 79.9. The molecule has 2 rings (SSSR count). The first-order chi connectivity index (χ1) is 9.91. The average molecular weight is 356 g/mol. The molecule has 0 unspecified atom stereocenters. The van der Waals surface area contributed by atoms with Gasteiger partial charge < -0.3 is 9.80 Å². The predicted molar refractivity (Wildman–Crippen MR) is 79.0 cm³/mol. The van der Waals surface area contributed by atoms with Gasteiger partial charge in [0.2, 0.25) is 5.91 Å². The maximum atomic E-state index is 12.4. The third-order valence-electron chi connectivity index (χ3n) is 3.42. The van der Waals surface area contributed by atoms with Crippen molar-refractivity contribution in [3.63, 3.8) is 0 Å². The maximum Gasteiger partial charge on any atom is 0.284 e. The minimum atomic E-state index is -0.533. The number of nitro groups is 1. The lowest BCUT2D eigenvalue weighted by atomic mass is 10.1. The number of benzene rings is 1. The molecule has 2 amide bonds. The molecule has 21 heavy (non-hydrogen) atoms. The van der Waals surface area contributed by atoms with E-state index in [4.69, 9.17) is 0 Å². The van der Waals surface area contributed by atoms with E-state index in [1.807, 2.05) is 0 Å². The molecular formula is C13H14BrN3O4. The Morgan fingerprint density at radius 3 is 2.29 bits per heavy atom. The van der Waals surface area contributed by atoms with Gasteiger partial charge >= 0.3 is 0 Å². The van der Waals surface area contributed by atoms with Crippen LogP contribution < -0.4 is 0 Å². The minimum Gasteiger partial charge on any atom is -0.339 e. The van der Waals surface area contributed by atoms with Crippen LogP contribution in [0.3, 0.4) is 0 Å². The number of rotatable bonds is 2. The molecule has 0 bridgehead atoms. The van der Waals surface area contributed by atoms with E-state index in [0.29, 0.717) is 26.2 Å². The second-order valence-corrected chi connectivity index (χ2v) is 5.49. The van der Waals surface area contributed by atoms with Gasteiger partial charge in [-0.1, -0.05) is 6.07 Å². The third-order valence-corrected chi connectivity index (χ3v) is 4.25. The lowest BCUT2D eigenvalue weighted by Crippen LogP contribution is -2.50. The molecule has 1 heterocycles. The van der Waals surface area contributed by atoms with Crippen molar-refractivity contribution in [3.05, 3.63) is 38.3 Å². The summed E-state index contributed by atoms with van der Waals surface area (Å²) in [5, 5.41) is 10.9. The van der Waals surface area contributed by atoms with Crippen LogP contribution >= 0.6 is 15.9 Å². The zero-order valence-corrected chi connectivity index (χ0v) is 13.0. The SMILES string of the molecule is CC(=O)N1CCN(C(=O)c2cccc([N+](=O)[O-])c2Br)CC1. The van der Waals surface area contributed by atoms with Gasteiger partial charge in [-0.25, -0.2) is 0 Å². The van der Waals surface area contributed by atoms with Crippen molar-refractivity contribution in [2.75, 3.05) is 26.2 Å². The molecule has 7 nitrogen and oxygen atoms in total. The van der Waals surface area contributed by atoms with Crippen molar-refractivity contribution in [2.24, 2.45) is 0 Å². The number of nitrogens with zero attached hydrogens (tertiary/aromatic N) is 3. The topological polar surface area (TPSA) is 83.8 Å². The summed E-state index contributed by atoms with van der Waals surface area (Å²) in [5.41, 5.74) is 0.128. The molecule has 0 N–H and O–H groups in total. The summed E-state index contributed by atoms with van der Waals surface area (Å²) in [7, 11) is 0. The Morgan fingerprint density at radius 2 is 1.76 bits per heavy atom. The first-order valence-electron chi connectivity index (χ1n) is 6.39. The highest BCUT2D eigenvalue weighted by Crippen LogP contribution is 2.29. The number of halogens is 1. The van der Waals surface area contributed by atoms with Crippen LogP contribution in [0.5, 0.6) is 0 Å². The van der Waals surface area contributed by atoms with E-state index in [-0.39, 0.29) is 27.5 Å². The lowest BCUT2D eigenvalue weighted by Gasteiger charge is -2.34. The zero-order chi connectivity index (χ0) is 15.6. The summed E-state index contributed by atoms with van der Waals surface area (Å²) >= 11 is 3.13. The number of hydrogen-bond acceptors (Lipinski definition) is 4. The summed E-state index contributed by atoms with van der Waals surface area (Å²) in [6.07, 6.45) is 0. The Hall–Kier alpha value is -1.96. The monoisotopic (exact) mass is 355 g/mol. The van der Waals surface area contributed by atoms with Gasteiger partial charge in [0.05, 0.1) is 10.5 Å². The number of nitro benzene ring substituents is 1. The number of hydrogen-bond donors (Lipinski definition) is 0. The van der Waals surface area contributed by atoms with Gasteiger partial charge in [0, 0.05) is 39.2 Å². The molecule has 112 valence electrons. The number of carbonyl (C=O) groups is 2. The van der Waals surface area contributed by atoms with Gasteiger partial charge in [-0.3, -0.25) is 19.7 Å². The summed E-state index contributed by atoms with van der Waals surface area (Å²) in [6.45, 7) is 3.30. The minimum absolute atomic E-state index is 0.0152. The first kappa shape index (κ1) is 15.4. The van der Waals surface area contributed by atoms with Crippen LogP contribution in [-0.4, -0.2) is 52.7 Å². The Morgan fingerprint density at radius 1 is 1.19 bits per heavy atom. The number of carbonyl (C=O) groups excluding carboxylic acids is 2. The van der Waals surface area contributed by atoms with Crippen LogP contribution in [0.25, 0.3) is 0 Å². The summed E-state index contributed by atoms with van der Waals surface area (Å²) in [5.74, 6) is -0.285. The molecular weight excluding hydrogens is 342 g/mol. The van der Waals surface area contributed by atoms with Crippen molar-refractivity contribution < 1.29 is 14.5 Å². The number of amides is 2. The standard InChI is InChI=1S/C13H14BrN3O4/c1-9(18)15-5-7-16(8-6-15)13(19)10-3-2-4-11(12(10)14)17(20)21/h2-4H,5-8H2,1H3. The molecule has 0 saturated carbocycles. The summed E-state index contributed by atoms with van der Waals surface area (Å²) in [4.78, 5) is 37.3. The molecule has 1 fully saturated rings. The molecule has 0 spiro atoms. The largest absolute Gasteiger partial charge is 0.339 e. The van der Waals surface area contributed by atoms with E-state index in [2.05, 4.69) is 15.9 Å². The third kappa shape index (κ3) is 3.21. The molecule has 0 atom stereocenters. The van der Waals surface area contributed by atoms with E-state index >= 15 is 0 Å². The molecule has 0 aromatic heterocycles. The normalized spacial score (nSPS) is 15.0. The van der Waals surface area contributed by atoms with Gasteiger partial charge in [0.1, 0.15) is 4.47 Å². The van der Waals surface area contributed by atoms with Crippen molar-refractivity contribution in [1.82, 2.24) is 9.80 Å². The Kier molecular flexibility index (Phi) is 4.56. The second-order valence-electron chi connectivity index (χ2n) is 4.69. The highest BCUT2D eigenvalue weighted by molar-refractivity contribution is 9.10. The number of piperazine rings is 1. The van der Waals surface area contributed by atoms with Crippen molar-refractivity contribution >= 4 is 33.4 Å². The van der Waals surface area contributed by atoms with Crippen molar-refractivity contribution in [3.8, 4) is 0 Å². The highest BCUT2D eigenvalue weighted by Gasteiger charge is 2.26. The van der Waals surface area contributed by atoms with Gasteiger partial charge in [-0.05, 0) is 22.0 Å². The van der Waals surface area contributed by atoms with E-state index in [1.165, 1.54) is 19.1 Å².